The van der Waals surface area contributed by atoms with Gasteiger partial charge in [-0.1, -0.05) is 0 Å². The van der Waals surface area contributed by atoms with Crippen molar-refractivity contribution in [2.45, 2.75) is 13.3 Å². The zero-order chi connectivity index (χ0) is 13.7. The monoisotopic (exact) mass is 350 g/mol. The van der Waals surface area contributed by atoms with Crippen LogP contribution in [0, 0.1) is 6.92 Å². The summed E-state index contributed by atoms with van der Waals surface area (Å²) in [4.78, 5) is 19.3. The molecule has 0 atom stereocenters. The third-order valence-electron chi connectivity index (χ3n) is 2.73. The molecule has 0 bridgehead atoms. The summed E-state index contributed by atoms with van der Waals surface area (Å²) in [6.45, 7) is 3.54. The molecule has 0 spiro atoms. The molecule has 0 radical (unpaired) electrons. The van der Waals surface area contributed by atoms with Gasteiger partial charge >= 0.3 is 0 Å². The lowest BCUT2D eigenvalue weighted by molar-refractivity contribution is 0.0949. The second-order valence-corrected chi connectivity index (χ2v) is 5.33. The van der Waals surface area contributed by atoms with Gasteiger partial charge in [0.2, 0.25) is 0 Å². The fraction of sp³-hybridized carbons (Fsp3) is 0.385. The number of nitrogens with one attached hydrogen (secondary N) is 3. The van der Waals surface area contributed by atoms with Crippen molar-refractivity contribution < 1.29 is 4.79 Å². The molecule has 2 aromatic heterocycles. The van der Waals surface area contributed by atoms with Crippen LogP contribution in [0.15, 0.2) is 17.6 Å². The average molecular weight is 351 g/mol. The first kappa shape index (κ1) is 19.9. The molecule has 0 aromatic carbocycles. The summed E-state index contributed by atoms with van der Waals surface area (Å²) in [5.74, 6) is -0.0747. The molecule has 0 fully saturated rings. The van der Waals surface area contributed by atoms with Crippen molar-refractivity contribution in [3.05, 3.63) is 28.3 Å². The van der Waals surface area contributed by atoms with Crippen LogP contribution in [0.3, 0.4) is 0 Å². The highest BCUT2D eigenvalue weighted by molar-refractivity contribution is 7.09. The topological polar surface area (TPSA) is 69.8 Å². The lowest BCUT2D eigenvalue weighted by Crippen LogP contribution is -2.26. The number of aromatic nitrogens is 2. The first-order valence-corrected chi connectivity index (χ1v) is 7.12. The number of hydrogen-bond donors (Lipinski definition) is 3. The molecule has 0 saturated carbocycles. The maximum Gasteiger partial charge on any atom is 0.267 e. The Morgan fingerprint density at radius 2 is 2.14 bits per heavy atom. The molecule has 8 heteroatoms. The van der Waals surface area contributed by atoms with Crippen molar-refractivity contribution in [2.24, 2.45) is 0 Å². The number of carbonyl (C=O) groups excluding carboxylic acids is 1. The number of aromatic amines is 1. The summed E-state index contributed by atoms with van der Waals surface area (Å²) < 4.78 is 0. The number of amides is 1. The van der Waals surface area contributed by atoms with Crippen LogP contribution in [0.5, 0.6) is 0 Å². The van der Waals surface area contributed by atoms with E-state index in [9.17, 15) is 4.79 Å². The summed E-state index contributed by atoms with van der Waals surface area (Å²) in [5, 5.41) is 8.93. The number of hydrogen-bond acceptors (Lipinski definition) is 4. The highest BCUT2D eigenvalue weighted by Gasteiger charge is 2.10. The Kier molecular flexibility index (Phi) is 9.28. The first-order chi connectivity index (χ1) is 9.20. The van der Waals surface area contributed by atoms with Gasteiger partial charge < -0.3 is 15.6 Å². The highest BCUT2D eigenvalue weighted by Crippen LogP contribution is 2.22. The van der Waals surface area contributed by atoms with E-state index < -0.39 is 0 Å². The number of rotatable bonds is 6. The van der Waals surface area contributed by atoms with E-state index in [2.05, 4.69) is 20.6 Å². The van der Waals surface area contributed by atoms with Gasteiger partial charge in [-0.15, -0.1) is 36.2 Å². The van der Waals surface area contributed by atoms with Crippen LogP contribution in [0.2, 0.25) is 0 Å². The summed E-state index contributed by atoms with van der Waals surface area (Å²) >= 11 is 1.60. The predicted octanol–water partition coefficient (Wildman–Crippen LogP) is 2.63. The zero-order valence-electron chi connectivity index (χ0n) is 11.9. The SMILES string of the molecule is CNCCCNC(=O)c1cc(-c2csc(C)n2)c[nH]1.Cl.Cl. The Balaban J connectivity index is 0.00000200. The van der Waals surface area contributed by atoms with Gasteiger partial charge in [0.05, 0.1) is 10.7 Å². The molecule has 21 heavy (non-hydrogen) atoms. The molecule has 3 N–H and O–H groups in total. The predicted molar refractivity (Wildman–Crippen MR) is 92.0 cm³/mol. The number of nitrogens with zero attached hydrogens (tertiary/aromatic N) is 1. The molecule has 2 aromatic rings. The zero-order valence-corrected chi connectivity index (χ0v) is 14.4. The molecule has 0 aliphatic heterocycles. The maximum absolute atomic E-state index is 11.9. The Bertz CT molecular complexity index is 556. The number of aryl methyl sites for hydroxylation is 1. The molecule has 2 rings (SSSR count). The van der Waals surface area contributed by atoms with E-state index in [1.807, 2.05) is 31.6 Å². The van der Waals surface area contributed by atoms with Crippen LogP contribution in [0.25, 0.3) is 11.3 Å². The molecule has 0 aliphatic rings. The van der Waals surface area contributed by atoms with Crippen LogP contribution < -0.4 is 10.6 Å². The van der Waals surface area contributed by atoms with E-state index in [1.54, 1.807) is 11.3 Å². The molecule has 0 saturated heterocycles. The lowest BCUT2D eigenvalue weighted by atomic mass is 10.2. The maximum atomic E-state index is 11.9. The minimum absolute atomic E-state index is 0. The van der Waals surface area contributed by atoms with Gasteiger partial charge in [-0.25, -0.2) is 4.98 Å². The van der Waals surface area contributed by atoms with Crippen LogP contribution in [-0.2, 0) is 0 Å². The second kappa shape index (κ2) is 9.78. The summed E-state index contributed by atoms with van der Waals surface area (Å²) in [6, 6.07) is 1.84. The van der Waals surface area contributed by atoms with E-state index in [-0.39, 0.29) is 30.7 Å². The minimum atomic E-state index is -0.0747. The third kappa shape index (κ3) is 5.67. The number of thiazole rings is 1. The van der Waals surface area contributed by atoms with Crippen LogP contribution in [0.1, 0.15) is 21.9 Å². The van der Waals surface area contributed by atoms with Gasteiger partial charge in [0.25, 0.3) is 5.91 Å². The highest BCUT2D eigenvalue weighted by atomic mass is 35.5. The molecule has 118 valence electrons. The first-order valence-electron chi connectivity index (χ1n) is 6.24. The fourth-order valence-corrected chi connectivity index (χ4v) is 2.35. The average Bonchev–Trinajstić information content (AvgIpc) is 3.02. The largest absolute Gasteiger partial charge is 0.357 e. The van der Waals surface area contributed by atoms with Gasteiger partial charge in [0.15, 0.2) is 0 Å². The molecule has 1 amide bonds. The summed E-state index contributed by atoms with van der Waals surface area (Å²) in [5.41, 5.74) is 2.43. The summed E-state index contributed by atoms with van der Waals surface area (Å²) in [6.07, 6.45) is 2.73. The van der Waals surface area contributed by atoms with Gasteiger partial charge in [-0.3, -0.25) is 4.79 Å². The van der Waals surface area contributed by atoms with Gasteiger partial charge in [-0.2, -0.15) is 0 Å². The normalized spacial score (nSPS) is 9.62. The molecular weight excluding hydrogens is 331 g/mol. The van der Waals surface area contributed by atoms with E-state index in [4.69, 9.17) is 0 Å². The minimum Gasteiger partial charge on any atom is -0.357 e. The van der Waals surface area contributed by atoms with Crippen LogP contribution >= 0.6 is 36.2 Å². The second-order valence-electron chi connectivity index (χ2n) is 4.27. The molecule has 5 nitrogen and oxygen atoms in total. The van der Waals surface area contributed by atoms with Gasteiger partial charge in [0.1, 0.15) is 5.69 Å². The fourth-order valence-electron chi connectivity index (χ4n) is 1.73. The number of carbonyl (C=O) groups is 1. The van der Waals surface area contributed by atoms with Crippen LogP contribution in [0.4, 0.5) is 0 Å². The van der Waals surface area contributed by atoms with Crippen LogP contribution in [-0.4, -0.2) is 36.0 Å². The van der Waals surface area contributed by atoms with Gasteiger partial charge in [-0.05, 0) is 33.0 Å². The summed E-state index contributed by atoms with van der Waals surface area (Å²) in [7, 11) is 1.90. The van der Waals surface area contributed by atoms with Crippen molar-refractivity contribution in [3.63, 3.8) is 0 Å². The van der Waals surface area contributed by atoms with E-state index in [1.165, 1.54) is 0 Å². The third-order valence-corrected chi connectivity index (χ3v) is 3.51. The van der Waals surface area contributed by atoms with E-state index >= 15 is 0 Å². The Morgan fingerprint density at radius 1 is 1.38 bits per heavy atom. The Labute approximate surface area is 140 Å². The Morgan fingerprint density at radius 3 is 2.76 bits per heavy atom. The number of H-pyrrole nitrogens is 1. The van der Waals surface area contributed by atoms with Gasteiger partial charge in [0, 0.05) is 23.7 Å². The standard InChI is InChI=1S/C13H18N4OS.2ClH/c1-9-17-12(8-19-9)10-6-11(16-7-10)13(18)15-5-3-4-14-2;;/h6-8,14,16H,3-5H2,1-2H3,(H,15,18);2*1H. The van der Waals surface area contributed by atoms with Crippen molar-refractivity contribution in [2.75, 3.05) is 20.1 Å². The molecule has 0 aliphatic carbocycles. The van der Waals surface area contributed by atoms with E-state index in [0.29, 0.717) is 12.2 Å². The van der Waals surface area contributed by atoms with Crippen molar-refractivity contribution in [1.82, 2.24) is 20.6 Å². The lowest BCUT2D eigenvalue weighted by Gasteiger charge is -2.02. The Hall–Kier alpha value is -1.08. The van der Waals surface area contributed by atoms with E-state index in [0.717, 1.165) is 29.2 Å². The smallest absolute Gasteiger partial charge is 0.267 e. The number of halogens is 2. The molecular formula is C13H20Cl2N4OS. The van der Waals surface area contributed by atoms with Crippen molar-refractivity contribution in [1.29, 1.82) is 0 Å². The van der Waals surface area contributed by atoms with Crippen molar-refractivity contribution >= 4 is 42.1 Å². The van der Waals surface area contributed by atoms with Crippen molar-refractivity contribution in [3.8, 4) is 11.3 Å². The quantitative estimate of drug-likeness (QED) is 0.701. The molecule has 2 heterocycles. The molecule has 0 unspecified atom stereocenters.